The number of aliphatic hydroxyl groups is 1. The molecule has 1 aliphatic rings. The van der Waals surface area contributed by atoms with E-state index in [9.17, 15) is 19.6 Å². The van der Waals surface area contributed by atoms with E-state index in [1.807, 2.05) is 0 Å². The zero-order chi connectivity index (χ0) is 12.8. The zero-order valence-corrected chi connectivity index (χ0v) is 10.6. The number of β-amino-alcohol motifs (C(OH)–C–C–N with tert-alkyl or cyclic N) is 1. The van der Waals surface area contributed by atoms with E-state index in [0.29, 0.717) is 0 Å². The molecule has 0 aliphatic carbocycles. The molecule has 1 saturated heterocycles. The Morgan fingerprint density at radius 1 is 1.59 bits per heavy atom. The molecule has 0 bridgehead atoms. The van der Waals surface area contributed by atoms with E-state index in [1.165, 1.54) is 0 Å². The van der Waals surface area contributed by atoms with Gasteiger partial charge in [0, 0.05) is 25.2 Å². The van der Waals surface area contributed by atoms with Crippen molar-refractivity contribution in [3.05, 3.63) is 32.5 Å². The van der Waals surface area contributed by atoms with E-state index in [1.54, 1.807) is 11.8 Å². The van der Waals surface area contributed by atoms with Crippen LogP contribution in [-0.4, -0.2) is 28.7 Å². The highest BCUT2D eigenvalue weighted by atomic mass is 79.9. The Hall–Kier alpha value is -1.21. The third-order valence-electron chi connectivity index (χ3n) is 2.62. The molecule has 0 unspecified atom stereocenters. The maximum Gasteiger partial charge on any atom is 0.293 e. The topological polar surface area (TPSA) is 66.6 Å². The molecule has 7 heteroatoms. The summed E-state index contributed by atoms with van der Waals surface area (Å²) in [5, 5.41) is 20.4. The number of rotatable bonds is 2. The maximum absolute atomic E-state index is 13.4. The van der Waals surface area contributed by atoms with Gasteiger partial charge >= 0.3 is 0 Å². The molecule has 1 N–H and O–H groups in total. The summed E-state index contributed by atoms with van der Waals surface area (Å²) in [4.78, 5) is 11.9. The molecular formula is C10H10BrFN2O3. The van der Waals surface area contributed by atoms with Gasteiger partial charge < -0.3 is 10.0 Å². The normalized spacial score (nSPS) is 17.8. The molecule has 1 aliphatic heterocycles. The zero-order valence-electron chi connectivity index (χ0n) is 8.98. The van der Waals surface area contributed by atoms with Gasteiger partial charge in [-0.15, -0.1) is 0 Å². The largest absolute Gasteiger partial charge is 0.386 e. The number of hydrogen-bond acceptors (Lipinski definition) is 4. The average Bonchev–Trinajstić information content (AvgIpc) is 2.17. The Labute approximate surface area is 105 Å². The van der Waals surface area contributed by atoms with Gasteiger partial charge in [0.2, 0.25) is 0 Å². The van der Waals surface area contributed by atoms with Crippen molar-refractivity contribution in [3.63, 3.8) is 0 Å². The number of nitro benzene ring substituents is 1. The summed E-state index contributed by atoms with van der Waals surface area (Å²) < 4.78 is 13.4. The van der Waals surface area contributed by atoms with Crippen LogP contribution in [0.5, 0.6) is 0 Å². The fraction of sp³-hybridized carbons (Fsp3) is 0.400. The minimum absolute atomic E-state index is 0.0558. The van der Waals surface area contributed by atoms with Gasteiger partial charge in [0.1, 0.15) is 11.5 Å². The summed E-state index contributed by atoms with van der Waals surface area (Å²) >= 11 is 2.91. The van der Waals surface area contributed by atoms with Crippen molar-refractivity contribution in [1.82, 2.24) is 0 Å². The highest BCUT2D eigenvalue weighted by Crippen LogP contribution is 2.37. The molecule has 1 heterocycles. The van der Waals surface area contributed by atoms with Crippen molar-refractivity contribution in [3.8, 4) is 0 Å². The number of halogens is 2. The van der Waals surface area contributed by atoms with E-state index in [0.717, 1.165) is 12.1 Å². The molecule has 17 heavy (non-hydrogen) atoms. The van der Waals surface area contributed by atoms with Crippen LogP contribution in [0.4, 0.5) is 15.8 Å². The van der Waals surface area contributed by atoms with Gasteiger partial charge in [0.25, 0.3) is 5.69 Å². The first-order valence-electron chi connectivity index (χ1n) is 4.91. The molecular weight excluding hydrogens is 295 g/mol. The minimum Gasteiger partial charge on any atom is -0.386 e. The van der Waals surface area contributed by atoms with Crippen molar-refractivity contribution in [2.45, 2.75) is 12.5 Å². The second kappa shape index (κ2) is 3.92. The summed E-state index contributed by atoms with van der Waals surface area (Å²) in [6, 6.07) is 2.25. The predicted molar refractivity (Wildman–Crippen MR) is 63.6 cm³/mol. The molecule has 92 valence electrons. The average molecular weight is 305 g/mol. The molecule has 1 aromatic carbocycles. The Morgan fingerprint density at radius 2 is 2.18 bits per heavy atom. The van der Waals surface area contributed by atoms with Gasteiger partial charge in [-0.3, -0.25) is 10.1 Å². The van der Waals surface area contributed by atoms with Gasteiger partial charge in [-0.1, -0.05) is 0 Å². The molecule has 1 fully saturated rings. The quantitative estimate of drug-likeness (QED) is 0.671. The van der Waals surface area contributed by atoms with Crippen molar-refractivity contribution in [2.24, 2.45) is 0 Å². The third kappa shape index (κ3) is 2.25. The smallest absolute Gasteiger partial charge is 0.293 e. The first kappa shape index (κ1) is 12.3. The van der Waals surface area contributed by atoms with Crippen LogP contribution in [0.2, 0.25) is 0 Å². The highest BCUT2D eigenvalue weighted by molar-refractivity contribution is 9.10. The van der Waals surface area contributed by atoms with Crippen LogP contribution in [0, 0.1) is 15.9 Å². The molecule has 0 saturated carbocycles. The lowest BCUT2D eigenvalue weighted by molar-refractivity contribution is -0.384. The van der Waals surface area contributed by atoms with Gasteiger partial charge in [-0.2, -0.15) is 0 Å². The summed E-state index contributed by atoms with van der Waals surface area (Å²) in [6.07, 6.45) is 0. The van der Waals surface area contributed by atoms with Gasteiger partial charge in [0.15, 0.2) is 0 Å². The molecule has 0 aromatic heterocycles. The number of hydrogen-bond donors (Lipinski definition) is 1. The van der Waals surface area contributed by atoms with E-state index in [4.69, 9.17) is 0 Å². The molecule has 0 spiro atoms. The number of nitrogens with zero attached hydrogens (tertiary/aromatic N) is 2. The Kier molecular flexibility index (Phi) is 2.82. The van der Waals surface area contributed by atoms with Crippen LogP contribution in [-0.2, 0) is 0 Å². The summed E-state index contributed by atoms with van der Waals surface area (Å²) in [7, 11) is 0. The fourth-order valence-corrected chi connectivity index (χ4v) is 2.20. The van der Waals surface area contributed by atoms with Gasteiger partial charge in [-0.25, -0.2) is 4.39 Å². The maximum atomic E-state index is 13.4. The van der Waals surface area contributed by atoms with Crippen LogP contribution in [0.3, 0.4) is 0 Å². The van der Waals surface area contributed by atoms with E-state index < -0.39 is 16.3 Å². The minimum atomic E-state index is -0.864. The fourth-order valence-electron chi connectivity index (χ4n) is 1.87. The molecule has 2 rings (SSSR count). The van der Waals surface area contributed by atoms with E-state index in [-0.39, 0.29) is 28.9 Å². The summed E-state index contributed by atoms with van der Waals surface area (Å²) in [5.41, 5.74) is -0.840. The van der Waals surface area contributed by atoms with Crippen molar-refractivity contribution >= 4 is 27.3 Å². The van der Waals surface area contributed by atoms with Crippen molar-refractivity contribution in [2.75, 3.05) is 18.0 Å². The lowest BCUT2D eigenvalue weighted by Gasteiger charge is -2.45. The van der Waals surface area contributed by atoms with Crippen LogP contribution in [0.25, 0.3) is 0 Å². The number of nitro groups is 1. The molecule has 0 amide bonds. The molecule has 0 radical (unpaired) electrons. The van der Waals surface area contributed by atoms with Crippen molar-refractivity contribution in [1.29, 1.82) is 0 Å². The summed E-state index contributed by atoms with van der Waals surface area (Å²) in [6.45, 7) is 2.15. The van der Waals surface area contributed by atoms with E-state index in [2.05, 4.69) is 15.9 Å². The monoisotopic (exact) mass is 304 g/mol. The first-order valence-corrected chi connectivity index (χ1v) is 5.70. The van der Waals surface area contributed by atoms with Crippen molar-refractivity contribution < 1.29 is 14.4 Å². The SMILES string of the molecule is CC1(O)CN(c2cc(F)c(Br)cc2[N+](=O)[O-])C1. The van der Waals surface area contributed by atoms with Crippen LogP contribution in [0.1, 0.15) is 6.92 Å². The lowest BCUT2D eigenvalue weighted by atomic mass is 9.96. The number of anilines is 1. The third-order valence-corrected chi connectivity index (χ3v) is 3.23. The number of benzene rings is 1. The first-order chi connectivity index (χ1) is 7.80. The Balaban J connectivity index is 2.39. The second-order valence-corrected chi connectivity index (χ2v) is 5.22. The predicted octanol–water partition coefficient (Wildman–Crippen LogP) is 2.07. The standard InChI is InChI=1S/C10H10BrFN2O3/c1-10(15)4-13(5-10)8-3-7(12)6(11)2-9(8)14(16)17/h2-3,15H,4-5H2,1H3. The van der Waals surface area contributed by atoms with E-state index >= 15 is 0 Å². The van der Waals surface area contributed by atoms with Crippen LogP contribution >= 0.6 is 15.9 Å². The highest BCUT2D eigenvalue weighted by Gasteiger charge is 2.39. The Bertz CT molecular complexity index is 485. The lowest BCUT2D eigenvalue weighted by Crippen LogP contribution is -2.60. The molecule has 1 aromatic rings. The molecule has 0 atom stereocenters. The van der Waals surface area contributed by atoms with Crippen LogP contribution < -0.4 is 4.90 Å². The molecule has 5 nitrogen and oxygen atoms in total. The van der Waals surface area contributed by atoms with Gasteiger partial charge in [-0.05, 0) is 22.9 Å². The summed E-state index contributed by atoms with van der Waals surface area (Å²) in [5.74, 6) is -0.558. The van der Waals surface area contributed by atoms with Gasteiger partial charge in [0.05, 0.1) is 15.0 Å². The Morgan fingerprint density at radius 3 is 2.65 bits per heavy atom. The second-order valence-electron chi connectivity index (χ2n) is 4.37. The van der Waals surface area contributed by atoms with Crippen LogP contribution in [0.15, 0.2) is 16.6 Å².